The van der Waals surface area contributed by atoms with Gasteiger partial charge in [0.2, 0.25) is 0 Å². The van der Waals surface area contributed by atoms with E-state index in [4.69, 9.17) is 0 Å². The van der Waals surface area contributed by atoms with E-state index in [1.165, 1.54) is 0 Å². The SMILES string of the molecule is CC/C=C/CCCC[C@@H](C=O)CC(=O)c1ccccc1. The minimum atomic E-state index is -0.141. The topological polar surface area (TPSA) is 34.1 Å². The summed E-state index contributed by atoms with van der Waals surface area (Å²) in [6.07, 6.45) is 10.6. The van der Waals surface area contributed by atoms with Gasteiger partial charge in [0.05, 0.1) is 0 Å². The highest BCUT2D eigenvalue weighted by Crippen LogP contribution is 2.15. The molecular formula is C18H24O2. The largest absolute Gasteiger partial charge is 0.303 e. The number of hydrogen-bond donors (Lipinski definition) is 0. The molecule has 2 nitrogen and oxygen atoms in total. The molecule has 0 aromatic heterocycles. The molecule has 0 heterocycles. The van der Waals surface area contributed by atoms with Gasteiger partial charge in [0.15, 0.2) is 5.78 Å². The van der Waals surface area contributed by atoms with Crippen LogP contribution in [-0.4, -0.2) is 12.1 Å². The highest BCUT2D eigenvalue weighted by atomic mass is 16.1. The lowest BCUT2D eigenvalue weighted by Gasteiger charge is -2.09. The van der Waals surface area contributed by atoms with Gasteiger partial charge in [-0.2, -0.15) is 0 Å². The Morgan fingerprint density at radius 3 is 2.55 bits per heavy atom. The minimum absolute atomic E-state index is 0.0635. The van der Waals surface area contributed by atoms with E-state index in [1.54, 1.807) is 12.1 Å². The monoisotopic (exact) mass is 272 g/mol. The Kier molecular flexibility index (Phi) is 8.28. The molecule has 0 fully saturated rings. The number of aldehydes is 1. The summed E-state index contributed by atoms with van der Waals surface area (Å²) in [5.41, 5.74) is 0.699. The predicted molar refractivity (Wildman–Crippen MR) is 82.8 cm³/mol. The lowest BCUT2D eigenvalue weighted by Crippen LogP contribution is -2.10. The Morgan fingerprint density at radius 1 is 1.15 bits per heavy atom. The van der Waals surface area contributed by atoms with Crippen molar-refractivity contribution in [2.75, 3.05) is 0 Å². The zero-order chi connectivity index (χ0) is 14.6. The first kappa shape index (κ1) is 16.4. The molecule has 20 heavy (non-hydrogen) atoms. The average Bonchev–Trinajstić information content (AvgIpc) is 2.50. The lowest BCUT2D eigenvalue weighted by molar-refractivity contribution is -0.111. The standard InChI is InChI=1S/C18H24O2/c1-2-3-4-5-6-8-11-16(15-19)14-18(20)17-12-9-7-10-13-17/h3-4,7,9-10,12-13,15-16H,2,5-6,8,11,14H2,1H3/b4-3+/t16-/m1/s1. The third-order valence-electron chi connectivity index (χ3n) is 3.33. The van der Waals surface area contributed by atoms with Crippen LogP contribution in [0, 0.1) is 5.92 Å². The highest BCUT2D eigenvalue weighted by Gasteiger charge is 2.14. The summed E-state index contributed by atoms with van der Waals surface area (Å²) in [7, 11) is 0. The van der Waals surface area contributed by atoms with Gasteiger partial charge in [0, 0.05) is 17.9 Å². The van der Waals surface area contributed by atoms with Gasteiger partial charge in [-0.3, -0.25) is 4.79 Å². The maximum absolute atomic E-state index is 12.0. The molecule has 0 N–H and O–H groups in total. The number of rotatable bonds is 10. The van der Waals surface area contributed by atoms with E-state index in [9.17, 15) is 9.59 Å². The van der Waals surface area contributed by atoms with E-state index in [2.05, 4.69) is 19.1 Å². The van der Waals surface area contributed by atoms with Crippen molar-refractivity contribution in [3.8, 4) is 0 Å². The van der Waals surface area contributed by atoms with Crippen molar-refractivity contribution in [1.82, 2.24) is 0 Å². The molecule has 0 radical (unpaired) electrons. The van der Waals surface area contributed by atoms with Gasteiger partial charge in [0.1, 0.15) is 6.29 Å². The molecule has 0 spiro atoms. The minimum Gasteiger partial charge on any atom is -0.303 e. The van der Waals surface area contributed by atoms with Crippen LogP contribution in [0.5, 0.6) is 0 Å². The molecule has 0 unspecified atom stereocenters. The van der Waals surface area contributed by atoms with E-state index in [0.717, 1.165) is 38.4 Å². The zero-order valence-corrected chi connectivity index (χ0v) is 12.3. The summed E-state index contributed by atoms with van der Waals surface area (Å²) in [6.45, 7) is 2.12. The van der Waals surface area contributed by atoms with Crippen molar-refractivity contribution < 1.29 is 9.59 Å². The van der Waals surface area contributed by atoms with Crippen LogP contribution in [0.2, 0.25) is 0 Å². The van der Waals surface area contributed by atoms with Gasteiger partial charge >= 0.3 is 0 Å². The van der Waals surface area contributed by atoms with Gasteiger partial charge < -0.3 is 4.79 Å². The maximum atomic E-state index is 12.0. The summed E-state index contributed by atoms with van der Waals surface area (Å²) < 4.78 is 0. The fourth-order valence-electron chi connectivity index (χ4n) is 2.15. The Balaban J connectivity index is 2.31. The molecule has 0 aliphatic heterocycles. The third kappa shape index (κ3) is 6.46. The van der Waals surface area contributed by atoms with Crippen LogP contribution in [-0.2, 0) is 4.79 Å². The Morgan fingerprint density at radius 2 is 1.90 bits per heavy atom. The molecule has 1 atom stereocenters. The van der Waals surface area contributed by atoms with E-state index >= 15 is 0 Å². The highest BCUT2D eigenvalue weighted by molar-refractivity contribution is 5.97. The number of unbranched alkanes of at least 4 members (excludes halogenated alkanes) is 2. The van der Waals surface area contributed by atoms with Crippen LogP contribution in [0.4, 0.5) is 0 Å². The van der Waals surface area contributed by atoms with Crippen molar-refractivity contribution in [2.45, 2.75) is 45.4 Å². The molecule has 0 bridgehead atoms. The molecule has 1 aromatic rings. The summed E-state index contributed by atoms with van der Waals surface area (Å²) in [6, 6.07) is 9.20. The van der Waals surface area contributed by atoms with E-state index in [-0.39, 0.29) is 11.7 Å². The van der Waals surface area contributed by atoms with Gasteiger partial charge in [-0.25, -0.2) is 0 Å². The first-order valence-electron chi connectivity index (χ1n) is 7.46. The zero-order valence-electron chi connectivity index (χ0n) is 12.3. The summed E-state index contributed by atoms with van der Waals surface area (Å²) >= 11 is 0. The van der Waals surface area contributed by atoms with Crippen molar-refractivity contribution in [1.29, 1.82) is 0 Å². The Labute approximate surface area is 121 Å². The van der Waals surface area contributed by atoms with Crippen LogP contribution in [0.25, 0.3) is 0 Å². The Bertz CT molecular complexity index is 420. The molecule has 0 saturated carbocycles. The van der Waals surface area contributed by atoms with Gasteiger partial charge in [0.25, 0.3) is 0 Å². The maximum Gasteiger partial charge on any atom is 0.163 e. The molecule has 0 aliphatic rings. The summed E-state index contributed by atoms with van der Waals surface area (Å²) in [4.78, 5) is 23.1. The van der Waals surface area contributed by atoms with E-state index in [1.807, 2.05) is 18.2 Å². The lowest BCUT2D eigenvalue weighted by atomic mass is 9.94. The molecule has 1 rings (SSSR count). The van der Waals surface area contributed by atoms with Crippen LogP contribution in [0.3, 0.4) is 0 Å². The quantitative estimate of drug-likeness (QED) is 0.270. The number of hydrogen-bond acceptors (Lipinski definition) is 2. The number of carbonyl (C=O) groups excluding carboxylic acids is 2. The second-order valence-electron chi connectivity index (χ2n) is 5.05. The van der Waals surface area contributed by atoms with Crippen molar-refractivity contribution in [3.05, 3.63) is 48.0 Å². The van der Waals surface area contributed by atoms with E-state index in [0.29, 0.717) is 12.0 Å². The molecule has 108 valence electrons. The van der Waals surface area contributed by atoms with Crippen molar-refractivity contribution in [3.63, 3.8) is 0 Å². The normalized spacial score (nSPS) is 12.4. The second-order valence-corrected chi connectivity index (χ2v) is 5.05. The molecule has 0 amide bonds. The molecule has 0 aliphatic carbocycles. The van der Waals surface area contributed by atoms with Crippen LogP contribution in [0.1, 0.15) is 55.8 Å². The fourth-order valence-corrected chi connectivity index (χ4v) is 2.15. The molecular weight excluding hydrogens is 248 g/mol. The Hall–Kier alpha value is -1.70. The average molecular weight is 272 g/mol. The smallest absolute Gasteiger partial charge is 0.163 e. The second kappa shape index (κ2) is 10.1. The number of ketones is 1. The van der Waals surface area contributed by atoms with Gasteiger partial charge in [-0.05, 0) is 25.7 Å². The van der Waals surface area contributed by atoms with Crippen molar-refractivity contribution >= 4 is 12.1 Å². The van der Waals surface area contributed by atoms with Crippen LogP contribution >= 0.6 is 0 Å². The summed E-state index contributed by atoms with van der Waals surface area (Å²) in [5, 5.41) is 0. The molecule has 1 aromatic carbocycles. The predicted octanol–water partition coefficient (Wildman–Crippen LogP) is 4.60. The number of benzene rings is 1. The van der Waals surface area contributed by atoms with E-state index < -0.39 is 0 Å². The summed E-state index contributed by atoms with van der Waals surface area (Å²) in [5.74, 6) is -0.0774. The van der Waals surface area contributed by atoms with Gasteiger partial charge in [-0.15, -0.1) is 0 Å². The third-order valence-corrected chi connectivity index (χ3v) is 3.33. The van der Waals surface area contributed by atoms with Crippen molar-refractivity contribution in [2.24, 2.45) is 5.92 Å². The first-order chi connectivity index (χ1) is 9.77. The van der Waals surface area contributed by atoms with Gasteiger partial charge in [-0.1, -0.05) is 55.8 Å². The number of allylic oxidation sites excluding steroid dienone is 2. The van der Waals surface area contributed by atoms with Crippen LogP contribution in [0.15, 0.2) is 42.5 Å². The number of Topliss-reactive ketones (excluding diaryl/α,β-unsaturated/α-hetero) is 1. The first-order valence-corrected chi connectivity index (χ1v) is 7.46. The fraction of sp³-hybridized carbons (Fsp3) is 0.444. The van der Waals surface area contributed by atoms with Crippen LogP contribution < -0.4 is 0 Å². The number of carbonyl (C=O) groups is 2. The molecule has 0 saturated heterocycles. The molecule has 2 heteroatoms.